The highest BCUT2D eigenvalue weighted by atomic mass is 32.2. The van der Waals surface area contributed by atoms with E-state index in [1.807, 2.05) is 0 Å². The molecule has 0 amide bonds. The van der Waals surface area contributed by atoms with E-state index in [2.05, 4.69) is 4.72 Å². The second-order valence-corrected chi connectivity index (χ2v) is 7.59. The van der Waals surface area contributed by atoms with Gasteiger partial charge >= 0.3 is 5.97 Å². The fourth-order valence-electron chi connectivity index (χ4n) is 1.49. The van der Waals surface area contributed by atoms with Gasteiger partial charge in [0.05, 0.1) is 4.90 Å². The summed E-state index contributed by atoms with van der Waals surface area (Å²) in [7, 11) is -4.53. The van der Waals surface area contributed by atoms with E-state index in [1.54, 1.807) is 6.26 Å². The molecule has 1 aromatic rings. The van der Waals surface area contributed by atoms with E-state index in [4.69, 9.17) is 5.11 Å². The van der Waals surface area contributed by atoms with E-state index < -0.39 is 26.8 Å². The summed E-state index contributed by atoms with van der Waals surface area (Å²) < 4.78 is 37.2. The summed E-state index contributed by atoms with van der Waals surface area (Å²) in [4.78, 5) is 10.5. The van der Waals surface area contributed by atoms with E-state index in [1.165, 1.54) is 30.3 Å². The number of hydrogen-bond donors (Lipinski definition) is 2. The first-order valence-electron chi connectivity index (χ1n) is 6.12. The number of carboxylic acid groups (broad SMARTS) is 1. The summed E-state index contributed by atoms with van der Waals surface area (Å²) in [6.45, 7) is 0.225. The first-order chi connectivity index (χ1) is 9.81. The van der Waals surface area contributed by atoms with Gasteiger partial charge in [-0.15, -0.1) is 0 Å². The summed E-state index contributed by atoms with van der Waals surface area (Å²) in [6.07, 6.45) is 4.43. The molecule has 0 bridgehead atoms. The Hall–Kier alpha value is -1.51. The summed E-state index contributed by atoms with van der Waals surface area (Å²) in [5, 5.41) is 8.50. The zero-order valence-corrected chi connectivity index (χ0v) is 13.1. The third-order valence-electron chi connectivity index (χ3n) is 2.51. The van der Waals surface area contributed by atoms with Crippen LogP contribution in [-0.2, 0) is 25.6 Å². The SMILES string of the molecule is CS(=O)CCCNS(=O)(=O)c1ccc(/C=C/C(=O)O)cc1. The highest BCUT2D eigenvalue weighted by Crippen LogP contribution is 2.11. The van der Waals surface area contributed by atoms with Crippen molar-refractivity contribution in [3.8, 4) is 0 Å². The van der Waals surface area contributed by atoms with E-state index in [0.29, 0.717) is 17.7 Å². The second kappa shape index (κ2) is 8.06. The van der Waals surface area contributed by atoms with Crippen LogP contribution in [0.15, 0.2) is 35.2 Å². The zero-order valence-electron chi connectivity index (χ0n) is 11.5. The molecule has 0 spiro atoms. The highest BCUT2D eigenvalue weighted by molar-refractivity contribution is 7.89. The Balaban J connectivity index is 2.67. The molecule has 1 atom stereocenters. The number of nitrogens with one attached hydrogen (secondary N) is 1. The van der Waals surface area contributed by atoms with Crippen molar-refractivity contribution in [2.45, 2.75) is 11.3 Å². The van der Waals surface area contributed by atoms with E-state index in [9.17, 15) is 17.4 Å². The molecule has 0 aliphatic carbocycles. The number of aliphatic carboxylic acids is 1. The van der Waals surface area contributed by atoms with Crippen LogP contribution in [0.3, 0.4) is 0 Å². The van der Waals surface area contributed by atoms with Crippen LogP contribution in [0.4, 0.5) is 0 Å². The summed E-state index contributed by atoms with van der Waals surface area (Å²) in [5.74, 6) is -0.622. The van der Waals surface area contributed by atoms with Gasteiger partial charge in [0.2, 0.25) is 10.0 Å². The van der Waals surface area contributed by atoms with Crippen molar-refractivity contribution in [1.29, 1.82) is 0 Å². The van der Waals surface area contributed by atoms with Gasteiger partial charge in [-0.25, -0.2) is 17.9 Å². The van der Waals surface area contributed by atoms with Crippen molar-refractivity contribution in [1.82, 2.24) is 4.72 Å². The van der Waals surface area contributed by atoms with E-state index in [0.717, 1.165) is 6.08 Å². The molecule has 0 heterocycles. The van der Waals surface area contributed by atoms with Gasteiger partial charge in [-0.3, -0.25) is 4.21 Å². The van der Waals surface area contributed by atoms with Crippen LogP contribution in [-0.4, -0.2) is 42.3 Å². The van der Waals surface area contributed by atoms with Crippen LogP contribution < -0.4 is 4.72 Å². The average Bonchev–Trinajstić information content (AvgIpc) is 2.41. The lowest BCUT2D eigenvalue weighted by molar-refractivity contribution is -0.131. The normalized spacial score (nSPS) is 13.4. The molecule has 0 aromatic heterocycles. The minimum atomic E-state index is -3.60. The van der Waals surface area contributed by atoms with Crippen LogP contribution in [0, 0.1) is 0 Å². The molecule has 8 heteroatoms. The first-order valence-corrected chi connectivity index (χ1v) is 9.33. The smallest absolute Gasteiger partial charge is 0.328 e. The lowest BCUT2D eigenvalue weighted by Crippen LogP contribution is -2.25. The van der Waals surface area contributed by atoms with Crippen LogP contribution >= 0.6 is 0 Å². The van der Waals surface area contributed by atoms with Crippen molar-refractivity contribution in [3.63, 3.8) is 0 Å². The van der Waals surface area contributed by atoms with Crippen LogP contribution in [0.5, 0.6) is 0 Å². The Labute approximate surface area is 126 Å². The first kappa shape index (κ1) is 17.5. The minimum Gasteiger partial charge on any atom is -0.478 e. The predicted molar refractivity (Wildman–Crippen MR) is 81.9 cm³/mol. The molecule has 0 saturated heterocycles. The Bertz CT molecular complexity index is 635. The highest BCUT2D eigenvalue weighted by Gasteiger charge is 2.12. The minimum absolute atomic E-state index is 0.104. The van der Waals surface area contributed by atoms with Crippen molar-refractivity contribution in [3.05, 3.63) is 35.9 Å². The van der Waals surface area contributed by atoms with Gasteiger partial charge in [0.15, 0.2) is 0 Å². The summed E-state index contributed by atoms with van der Waals surface area (Å²) in [6, 6.07) is 5.86. The predicted octanol–water partition coefficient (Wildman–Crippen LogP) is 0.831. The molecule has 0 fully saturated rings. The van der Waals surface area contributed by atoms with Crippen LogP contribution in [0.25, 0.3) is 6.08 Å². The van der Waals surface area contributed by atoms with Gasteiger partial charge in [0, 0.05) is 35.4 Å². The average molecular weight is 331 g/mol. The molecule has 0 saturated carbocycles. The molecule has 0 aliphatic heterocycles. The maximum Gasteiger partial charge on any atom is 0.328 e. The molecule has 21 heavy (non-hydrogen) atoms. The molecule has 116 valence electrons. The van der Waals surface area contributed by atoms with Crippen LogP contribution in [0.2, 0.25) is 0 Å². The van der Waals surface area contributed by atoms with Gasteiger partial charge < -0.3 is 5.11 Å². The number of rotatable bonds is 8. The summed E-state index contributed by atoms with van der Waals surface area (Å²) >= 11 is 0. The van der Waals surface area contributed by atoms with Crippen LogP contribution in [0.1, 0.15) is 12.0 Å². The zero-order chi connectivity index (χ0) is 15.9. The van der Waals surface area contributed by atoms with E-state index in [-0.39, 0.29) is 11.4 Å². The lowest BCUT2D eigenvalue weighted by atomic mass is 10.2. The molecule has 2 N–H and O–H groups in total. The molecule has 0 aliphatic rings. The van der Waals surface area contributed by atoms with Crippen molar-refractivity contribution >= 4 is 32.9 Å². The molecule has 0 radical (unpaired) electrons. The number of hydrogen-bond acceptors (Lipinski definition) is 4. The number of benzene rings is 1. The van der Waals surface area contributed by atoms with Gasteiger partial charge in [0.1, 0.15) is 0 Å². The van der Waals surface area contributed by atoms with Gasteiger partial charge in [-0.05, 0) is 30.2 Å². The third kappa shape index (κ3) is 6.65. The Morgan fingerprint density at radius 1 is 1.33 bits per heavy atom. The quantitative estimate of drug-likeness (QED) is 0.543. The third-order valence-corrected chi connectivity index (χ3v) is 4.85. The fourth-order valence-corrected chi connectivity index (χ4v) is 3.12. The maximum absolute atomic E-state index is 12.0. The number of carbonyl (C=O) groups is 1. The molecular weight excluding hydrogens is 314 g/mol. The molecule has 1 unspecified atom stereocenters. The van der Waals surface area contributed by atoms with Crippen molar-refractivity contribution in [2.24, 2.45) is 0 Å². The largest absolute Gasteiger partial charge is 0.478 e. The van der Waals surface area contributed by atoms with Gasteiger partial charge in [-0.2, -0.15) is 0 Å². The topological polar surface area (TPSA) is 101 Å². The van der Waals surface area contributed by atoms with E-state index >= 15 is 0 Å². The van der Waals surface area contributed by atoms with Crippen molar-refractivity contribution in [2.75, 3.05) is 18.6 Å². The summed E-state index contributed by atoms with van der Waals surface area (Å²) in [5.41, 5.74) is 0.595. The monoisotopic (exact) mass is 331 g/mol. The molecule has 1 rings (SSSR count). The Morgan fingerprint density at radius 3 is 2.48 bits per heavy atom. The maximum atomic E-state index is 12.0. The molecule has 1 aromatic carbocycles. The standard InChI is InChI=1S/C13H17NO5S2/c1-20(17)10-2-9-14-21(18,19)12-6-3-11(4-7-12)5-8-13(15)16/h3-8,14H,2,9-10H2,1H3,(H,15,16)/b8-5+. The van der Waals surface area contributed by atoms with Gasteiger partial charge in [0.25, 0.3) is 0 Å². The lowest BCUT2D eigenvalue weighted by Gasteiger charge is -2.06. The Morgan fingerprint density at radius 2 is 1.95 bits per heavy atom. The number of sulfonamides is 1. The van der Waals surface area contributed by atoms with Gasteiger partial charge in [-0.1, -0.05) is 12.1 Å². The van der Waals surface area contributed by atoms with Crippen molar-refractivity contribution < 1.29 is 22.5 Å². The fraction of sp³-hybridized carbons (Fsp3) is 0.308. The number of carboxylic acids is 1. The molecule has 6 nitrogen and oxygen atoms in total. The second-order valence-electron chi connectivity index (χ2n) is 4.27. The Kier molecular flexibility index (Phi) is 6.73. The molecular formula is C13H17NO5S2.